The lowest BCUT2D eigenvalue weighted by Gasteiger charge is -2.15. The van der Waals surface area contributed by atoms with Gasteiger partial charge in [0, 0.05) is 12.6 Å². The van der Waals surface area contributed by atoms with Crippen LogP contribution < -0.4 is 10.1 Å². The molecule has 2 heteroatoms. The molecule has 0 aliphatic heterocycles. The molecule has 0 heterocycles. The highest BCUT2D eigenvalue weighted by atomic mass is 16.5. The van der Waals surface area contributed by atoms with Gasteiger partial charge in [-0.25, -0.2) is 0 Å². The Morgan fingerprint density at radius 3 is 2.40 bits per heavy atom. The van der Waals surface area contributed by atoms with Crippen LogP contribution in [0.1, 0.15) is 29.7 Å². The summed E-state index contributed by atoms with van der Waals surface area (Å²) in [5.41, 5.74) is 6.43. The lowest BCUT2D eigenvalue weighted by atomic mass is 9.99. The Hall–Kier alpha value is -2.58. The number of ether oxygens (including phenoxy) is 1. The second-order valence-electron chi connectivity index (χ2n) is 6.39. The third-order valence-corrected chi connectivity index (χ3v) is 4.61. The summed E-state index contributed by atoms with van der Waals surface area (Å²) in [4.78, 5) is 0. The molecule has 0 radical (unpaired) electrons. The molecule has 0 saturated carbocycles. The van der Waals surface area contributed by atoms with Crippen LogP contribution in [-0.4, -0.2) is 7.11 Å². The van der Waals surface area contributed by atoms with Crippen LogP contribution in [0.2, 0.25) is 0 Å². The molecule has 0 bridgehead atoms. The first-order chi connectivity index (χ1) is 12.2. The van der Waals surface area contributed by atoms with Gasteiger partial charge in [0.1, 0.15) is 5.75 Å². The van der Waals surface area contributed by atoms with E-state index < -0.39 is 0 Å². The number of benzene rings is 3. The molecule has 2 nitrogen and oxygen atoms in total. The first-order valence-electron chi connectivity index (χ1n) is 8.69. The predicted molar refractivity (Wildman–Crippen MR) is 105 cm³/mol. The Balaban J connectivity index is 1.69. The van der Waals surface area contributed by atoms with Crippen molar-refractivity contribution in [1.82, 2.24) is 5.32 Å². The standard InChI is InChI=1S/C23H25NO/c1-17-7-4-5-10-23(17)21-9-6-8-19(15-21)16-24-18(2)20-11-13-22(25-3)14-12-20/h4-15,18,24H,16H2,1-3H3/t18-/m1/s1. The molecule has 0 fully saturated rings. The van der Waals surface area contributed by atoms with Crippen molar-refractivity contribution in [1.29, 1.82) is 0 Å². The van der Waals surface area contributed by atoms with Crippen LogP contribution in [0.15, 0.2) is 72.8 Å². The first kappa shape index (κ1) is 17.2. The zero-order chi connectivity index (χ0) is 17.6. The minimum absolute atomic E-state index is 0.285. The molecule has 0 spiro atoms. The largest absolute Gasteiger partial charge is 0.497 e. The molecule has 1 N–H and O–H groups in total. The third-order valence-electron chi connectivity index (χ3n) is 4.61. The maximum Gasteiger partial charge on any atom is 0.118 e. The number of hydrogen-bond donors (Lipinski definition) is 1. The van der Waals surface area contributed by atoms with E-state index in [2.05, 4.69) is 79.8 Å². The lowest BCUT2D eigenvalue weighted by Crippen LogP contribution is -2.18. The molecule has 3 rings (SSSR count). The Kier molecular flexibility index (Phi) is 5.52. The number of rotatable bonds is 6. The normalized spacial score (nSPS) is 12.0. The molecule has 0 unspecified atom stereocenters. The van der Waals surface area contributed by atoms with Gasteiger partial charge in [0.25, 0.3) is 0 Å². The van der Waals surface area contributed by atoms with Gasteiger partial charge in [0.2, 0.25) is 0 Å². The quantitative estimate of drug-likeness (QED) is 0.642. The Morgan fingerprint density at radius 1 is 0.920 bits per heavy atom. The van der Waals surface area contributed by atoms with E-state index in [0.717, 1.165) is 12.3 Å². The van der Waals surface area contributed by atoms with Crippen LogP contribution in [0.5, 0.6) is 5.75 Å². The second-order valence-corrected chi connectivity index (χ2v) is 6.39. The fourth-order valence-electron chi connectivity index (χ4n) is 3.03. The molecule has 3 aromatic carbocycles. The monoisotopic (exact) mass is 331 g/mol. The van der Waals surface area contributed by atoms with Gasteiger partial charge in [0.15, 0.2) is 0 Å². The zero-order valence-corrected chi connectivity index (χ0v) is 15.1. The highest BCUT2D eigenvalue weighted by Crippen LogP contribution is 2.24. The van der Waals surface area contributed by atoms with Crippen LogP contribution in [0.25, 0.3) is 11.1 Å². The average Bonchev–Trinajstić information content (AvgIpc) is 2.67. The van der Waals surface area contributed by atoms with E-state index in [1.165, 1.54) is 27.8 Å². The van der Waals surface area contributed by atoms with Gasteiger partial charge in [-0.2, -0.15) is 0 Å². The summed E-state index contributed by atoms with van der Waals surface area (Å²) in [7, 11) is 1.69. The lowest BCUT2D eigenvalue weighted by molar-refractivity contribution is 0.414. The van der Waals surface area contributed by atoms with Crippen LogP contribution in [-0.2, 0) is 6.54 Å². The van der Waals surface area contributed by atoms with Crippen molar-refractivity contribution in [2.45, 2.75) is 26.4 Å². The number of nitrogens with one attached hydrogen (secondary N) is 1. The van der Waals surface area contributed by atoms with Gasteiger partial charge in [0.05, 0.1) is 7.11 Å². The van der Waals surface area contributed by atoms with E-state index in [0.29, 0.717) is 0 Å². The van der Waals surface area contributed by atoms with Crippen LogP contribution >= 0.6 is 0 Å². The number of aryl methyl sites for hydroxylation is 1. The van der Waals surface area contributed by atoms with Gasteiger partial charge in [-0.3, -0.25) is 0 Å². The van der Waals surface area contributed by atoms with E-state index in [1.807, 2.05) is 12.1 Å². The third kappa shape index (κ3) is 4.28. The van der Waals surface area contributed by atoms with E-state index in [9.17, 15) is 0 Å². The van der Waals surface area contributed by atoms with Crippen molar-refractivity contribution < 1.29 is 4.74 Å². The van der Waals surface area contributed by atoms with Gasteiger partial charge in [-0.15, -0.1) is 0 Å². The van der Waals surface area contributed by atoms with Gasteiger partial charge < -0.3 is 10.1 Å². The summed E-state index contributed by atoms with van der Waals surface area (Å²) in [6.07, 6.45) is 0. The van der Waals surface area contributed by atoms with Gasteiger partial charge in [-0.1, -0.05) is 54.6 Å². The Bertz CT molecular complexity index is 824. The number of hydrogen-bond acceptors (Lipinski definition) is 2. The SMILES string of the molecule is COc1ccc([C@@H](C)NCc2cccc(-c3ccccc3C)c2)cc1. The molecule has 25 heavy (non-hydrogen) atoms. The summed E-state index contributed by atoms with van der Waals surface area (Å²) < 4.78 is 5.22. The molecule has 1 atom stereocenters. The molecule has 0 saturated heterocycles. The highest BCUT2D eigenvalue weighted by Gasteiger charge is 2.06. The van der Waals surface area contributed by atoms with Crippen molar-refractivity contribution in [3.8, 4) is 16.9 Å². The van der Waals surface area contributed by atoms with E-state index in [4.69, 9.17) is 4.74 Å². The Labute approximate surface area is 150 Å². The molecule has 3 aromatic rings. The summed E-state index contributed by atoms with van der Waals surface area (Å²) in [6.45, 7) is 5.19. The zero-order valence-electron chi connectivity index (χ0n) is 15.1. The fraction of sp³-hybridized carbons (Fsp3) is 0.217. The first-order valence-corrected chi connectivity index (χ1v) is 8.69. The topological polar surface area (TPSA) is 21.3 Å². The van der Waals surface area contributed by atoms with Crippen molar-refractivity contribution in [2.24, 2.45) is 0 Å². The van der Waals surface area contributed by atoms with Crippen LogP contribution in [0, 0.1) is 6.92 Å². The van der Waals surface area contributed by atoms with E-state index >= 15 is 0 Å². The molecular weight excluding hydrogens is 306 g/mol. The fourth-order valence-corrected chi connectivity index (χ4v) is 3.03. The van der Waals surface area contributed by atoms with E-state index in [-0.39, 0.29) is 6.04 Å². The van der Waals surface area contributed by atoms with Crippen LogP contribution in [0.4, 0.5) is 0 Å². The van der Waals surface area contributed by atoms with Crippen molar-refractivity contribution in [3.63, 3.8) is 0 Å². The predicted octanol–water partition coefficient (Wildman–Crippen LogP) is 5.52. The molecule has 0 amide bonds. The highest BCUT2D eigenvalue weighted by molar-refractivity contribution is 5.67. The summed E-state index contributed by atoms with van der Waals surface area (Å²) in [6, 6.07) is 25.8. The smallest absolute Gasteiger partial charge is 0.118 e. The summed E-state index contributed by atoms with van der Waals surface area (Å²) in [5.74, 6) is 0.891. The maximum atomic E-state index is 5.22. The van der Waals surface area contributed by atoms with Gasteiger partial charge >= 0.3 is 0 Å². The van der Waals surface area contributed by atoms with E-state index in [1.54, 1.807) is 7.11 Å². The number of methoxy groups -OCH3 is 1. The minimum Gasteiger partial charge on any atom is -0.497 e. The minimum atomic E-state index is 0.285. The van der Waals surface area contributed by atoms with Gasteiger partial charge in [-0.05, 0) is 59.9 Å². The van der Waals surface area contributed by atoms with Crippen molar-refractivity contribution in [3.05, 3.63) is 89.5 Å². The molecule has 0 aromatic heterocycles. The molecule has 0 aliphatic rings. The Morgan fingerprint density at radius 2 is 1.68 bits per heavy atom. The molecule has 0 aliphatic carbocycles. The molecular formula is C23H25NO. The molecule has 128 valence electrons. The second kappa shape index (κ2) is 8.00. The maximum absolute atomic E-state index is 5.22. The average molecular weight is 331 g/mol. The van der Waals surface area contributed by atoms with Crippen molar-refractivity contribution >= 4 is 0 Å². The summed E-state index contributed by atoms with van der Waals surface area (Å²) >= 11 is 0. The summed E-state index contributed by atoms with van der Waals surface area (Å²) in [5, 5.41) is 3.61. The van der Waals surface area contributed by atoms with Crippen molar-refractivity contribution in [2.75, 3.05) is 7.11 Å². The van der Waals surface area contributed by atoms with Crippen LogP contribution in [0.3, 0.4) is 0 Å².